The third kappa shape index (κ3) is 3.96. The lowest BCUT2D eigenvalue weighted by Gasteiger charge is -2.20. The van der Waals surface area contributed by atoms with E-state index in [0.29, 0.717) is 23.3 Å². The molecule has 0 aliphatic carbocycles. The normalized spacial score (nSPS) is 15.7. The van der Waals surface area contributed by atoms with Crippen molar-refractivity contribution in [2.45, 2.75) is 30.7 Å². The molecule has 0 saturated carbocycles. The number of hydrogen-bond acceptors (Lipinski definition) is 3. The molecular formula is C19H20N2O3S. The quantitative estimate of drug-likeness (QED) is 0.884. The predicted octanol–water partition coefficient (Wildman–Crippen LogP) is 2.80. The minimum atomic E-state index is -1.06. The molecule has 0 aromatic heterocycles. The number of hydrogen-bond donors (Lipinski definition) is 2. The van der Waals surface area contributed by atoms with Gasteiger partial charge in [-0.25, -0.2) is 0 Å². The molecule has 0 fully saturated rings. The van der Waals surface area contributed by atoms with Crippen molar-refractivity contribution in [2.75, 3.05) is 11.6 Å². The zero-order valence-electron chi connectivity index (χ0n) is 14.2. The lowest BCUT2D eigenvalue weighted by molar-refractivity contribution is -0.116. The number of rotatable bonds is 4. The van der Waals surface area contributed by atoms with Crippen molar-refractivity contribution in [3.8, 4) is 0 Å². The van der Waals surface area contributed by atoms with E-state index in [1.54, 1.807) is 30.5 Å². The fraction of sp³-hybridized carbons (Fsp3) is 0.263. The van der Waals surface area contributed by atoms with Crippen LogP contribution in [0, 0.1) is 0 Å². The van der Waals surface area contributed by atoms with Crippen LogP contribution < -0.4 is 10.6 Å². The van der Waals surface area contributed by atoms with Crippen molar-refractivity contribution in [3.05, 3.63) is 59.2 Å². The van der Waals surface area contributed by atoms with Gasteiger partial charge in [-0.2, -0.15) is 0 Å². The van der Waals surface area contributed by atoms with Crippen LogP contribution in [0.2, 0.25) is 0 Å². The van der Waals surface area contributed by atoms with Gasteiger partial charge >= 0.3 is 0 Å². The fourth-order valence-corrected chi connectivity index (χ4v) is 3.35. The second-order valence-electron chi connectivity index (χ2n) is 6.14. The average Bonchev–Trinajstić information content (AvgIpc) is 2.61. The molecule has 2 aromatic rings. The van der Waals surface area contributed by atoms with Crippen LogP contribution >= 0.6 is 0 Å². The second kappa shape index (κ2) is 7.19. The monoisotopic (exact) mass is 356 g/mol. The van der Waals surface area contributed by atoms with E-state index < -0.39 is 10.8 Å². The summed E-state index contributed by atoms with van der Waals surface area (Å²) >= 11 is 0. The zero-order valence-corrected chi connectivity index (χ0v) is 15.0. The average molecular weight is 356 g/mol. The Morgan fingerprint density at radius 2 is 1.88 bits per heavy atom. The molecular weight excluding hydrogens is 336 g/mol. The molecule has 0 spiro atoms. The van der Waals surface area contributed by atoms with Crippen molar-refractivity contribution in [1.29, 1.82) is 0 Å². The van der Waals surface area contributed by atoms with Crippen LogP contribution in [0.1, 0.15) is 40.9 Å². The standard InChI is InChI=1S/C19H20N2O3S/c1-12(14-5-9-17-15(11-14)6-10-18(22)21-17)20-19(23)13-3-7-16(8-4-13)25(2)24/h3-5,7-9,11-12H,6,10H2,1-2H3,(H,20,23)(H,21,22)/t12-,25-/m0/s1. The first-order valence-corrected chi connectivity index (χ1v) is 9.67. The van der Waals surface area contributed by atoms with Crippen LogP contribution in [0.25, 0.3) is 0 Å². The summed E-state index contributed by atoms with van der Waals surface area (Å²) in [6, 6.07) is 12.4. The predicted molar refractivity (Wildman–Crippen MR) is 98.0 cm³/mol. The molecule has 25 heavy (non-hydrogen) atoms. The minimum Gasteiger partial charge on any atom is -0.346 e. The van der Waals surface area contributed by atoms with E-state index in [-0.39, 0.29) is 17.9 Å². The summed E-state index contributed by atoms with van der Waals surface area (Å²) in [6.07, 6.45) is 2.81. The first kappa shape index (κ1) is 17.4. The van der Waals surface area contributed by atoms with Crippen LogP contribution in [0.3, 0.4) is 0 Å². The number of nitrogens with one attached hydrogen (secondary N) is 2. The van der Waals surface area contributed by atoms with Gasteiger partial charge in [0.2, 0.25) is 5.91 Å². The third-order valence-corrected chi connectivity index (χ3v) is 5.26. The van der Waals surface area contributed by atoms with Crippen LogP contribution in [0.5, 0.6) is 0 Å². The zero-order chi connectivity index (χ0) is 18.0. The highest BCUT2D eigenvalue weighted by molar-refractivity contribution is 7.84. The largest absolute Gasteiger partial charge is 0.346 e. The maximum absolute atomic E-state index is 12.4. The fourth-order valence-electron chi connectivity index (χ4n) is 2.83. The molecule has 2 amide bonds. The minimum absolute atomic E-state index is 0.0399. The van der Waals surface area contributed by atoms with Crippen molar-refractivity contribution >= 4 is 28.3 Å². The molecule has 130 valence electrons. The third-order valence-electron chi connectivity index (χ3n) is 4.32. The Hall–Kier alpha value is -2.47. The van der Waals surface area contributed by atoms with Crippen LogP contribution in [-0.4, -0.2) is 22.3 Å². The summed E-state index contributed by atoms with van der Waals surface area (Å²) in [6.45, 7) is 1.93. The molecule has 5 nitrogen and oxygen atoms in total. The maximum Gasteiger partial charge on any atom is 0.251 e. The molecule has 2 N–H and O–H groups in total. The smallest absolute Gasteiger partial charge is 0.251 e. The van der Waals surface area contributed by atoms with E-state index in [2.05, 4.69) is 10.6 Å². The number of carbonyl (C=O) groups is 2. The van der Waals surface area contributed by atoms with Gasteiger partial charge in [-0.05, 0) is 54.8 Å². The van der Waals surface area contributed by atoms with Crippen molar-refractivity contribution in [1.82, 2.24) is 5.32 Å². The summed E-state index contributed by atoms with van der Waals surface area (Å²) in [5.74, 6) is -0.134. The summed E-state index contributed by atoms with van der Waals surface area (Å²) in [4.78, 5) is 24.5. The van der Waals surface area contributed by atoms with E-state index in [1.165, 1.54) is 0 Å². The Bertz CT molecular complexity index is 846. The van der Waals surface area contributed by atoms with Crippen molar-refractivity contribution < 1.29 is 13.8 Å². The molecule has 0 unspecified atom stereocenters. The van der Waals surface area contributed by atoms with E-state index in [4.69, 9.17) is 0 Å². The molecule has 0 saturated heterocycles. The summed E-state index contributed by atoms with van der Waals surface area (Å²) in [7, 11) is -1.06. The number of amides is 2. The molecule has 3 rings (SSSR count). The Morgan fingerprint density at radius 3 is 2.56 bits per heavy atom. The molecule has 2 aromatic carbocycles. The number of benzene rings is 2. The summed E-state index contributed by atoms with van der Waals surface area (Å²) in [5.41, 5.74) is 3.47. The highest BCUT2D eigenvalue weighted by Crippen LogP contribution is 2.26. The molecule has 0 radical (unpaired) electrons. The van der Waals surface area contributed by atoms with Gasteiger partial charge in [0.15, 0.2) is 0 Å². The number of carbonyl (C=O) groups excluding carboxylic acids is 2. The maximum atomic E-state index is 12.4. The highest BCUT2D eigenvalue weighted by Gasteiger charge is 2.17. The first-order valence-electron chi connectivity index (χ1n) is 8.11. The van der Waals surface area contributed by atoms with E-state index in [9.17, 15) is 13.8 Å². The van der Waals surface area contributed by atoms with E-state index in [1.807, 2.05) is 25.1 Å². The van der Waals surface area contributed by atoms with Crippen molar-refractivity contribution in [2.24, 2.45) is 0 Å². The number of aryl methyl sites for hydroxylation is 1. The van der Waals surface area contributed by atoms with E-state index >= 15 is 0 Å². The molecule has 1 aliphatic heterocycles. The van der Waals surface area contributed by atoms with Gasteiger partial charge in [0.25, 0.3) is 5.91 Å². The van der Waals surface area contributed by atoms with Gasteiger partial charge in [-0.15, -0.1) is 0 Å². The second-order valence-corrected chi connectivity index (χ2v) is 7.52. The molecule has 0 bridgehead atoms. The van der Waals surface area contributed by atoms with Crippen molar-refractivity contribution in [3.63, 3.8) is 0 Å². The highest BCUT2D eigenvalue weighted by atomic mass is 32.2. The van der Waals surface area contributed by atoms with Crippen LogP contribution in [0.15, 0.2) is 47.4 Å². The van der Waals surface area contributed by atoms with Gasteiger partial charge in [0.05, 0.1) is 6.04 Å². The Labute approximate surface area is 149 Å². The van der Waals surface area contributed by atoms with E-state index in [0.717, 1.165) is 16.8 Å². The van der Waals surface area contributed by atoms with Gasteiger partial charge in [-0.1, -0.05) is 12.1 Å². The van der Waals surface area contributed by atoms with Gasteiger partial charge in [0.1, 0.15) is 0 Å². The first-order chi connectivity index (χ1) is 11.9. The van der Waals surface area contributed by atoms with Gasteiger partial charge in [-0.3, -0.25) is 13.8 Å². The number of anilines is 1. The molecule has 2 atom stereocenters. The SMILES string of the molecule is C[C@H](NC(=O)c1ccc([S@](C)=O)cc1)c1ccc2c(c1)CCC(=O)N2. The Morgan fingerprint density at radius 1 is 1.16 bits per heavy atom. The van der Waals surface area contributed by atoms with Crippen LogP contribution in [0.4, 0.5) is 5.69 Å². The van der Waals surface area contributed by atoms with Gasteiger partial charge < -0.3 is 10.6 Å². The summed E-state index contributed by atoms with van der Waals surface area (Å²) < 4.78 is 11.4. The topological polar surface area (TPSA) is 75.3 Å². The molecule has 6 heteroatoms. The number of fused-ring (bicyclic) bond motifs is 1. The molecule has 1 aliphatic rings. The Balaban J connectivity index is 1.71. The lowest BCUT2D eigenvalue weighted by atomic mass is 9.97. The lowest BCUT2D eigenvalue weighted by Crippen LogP contribution is -2.27. The van der Waals surface area contributed by atoms with Crippen LogP contribution in [-0.2, 0) is 22.0 Å². The summed E-state index contributed by atoms with van der Waals surface area (Å²) in [5, 5.41) is 5.83. The Kier molecular flexibility index (Phi) is 4.99. The van der Waals surface area contributed by atoms with Gasteiger partial charge in [0, 0.05) is 39.6 Å². The molecule has 1 heterocycles.